The highest BCUT2D eigenvalue weighted by molar-refractivity contribution is 8.32. The molecule has 7 N–H and O–H groups in total. The zero-order valence-electron chi connectivity index (χ0n) is 7.16. The lowest BCUT2D eigenvalue weighted by Crippen LogP contribution is -2.29. The second kappa shape index (κ2) is 5.45. The lowest BCUT2D eigenvalue weighted by molar-refractivity contribution is 1.39. The molecule has 0 saturated heterocycles. The van der Waals surface area contributed by atoms with Crippen molar-refractivity contribution in [1.82, 2.24) is 14.6 Å². The number of halogens is 6. The van der Waals surface area contributed by atoms with Crippen molar-refractivity contribution in [2.24, 2.45) is 15.5 Å². The molecule has 16 heteroatoms. The Bertz CT molecular complexity index is 332. The van der Waals surface area contributed by atoms with Crippen molar-refractivity contribution in [3.05, 3.63) is 0 Å². The van der Waals surface area contributed by atoms with Crippen LogP contribution in [0.3, 0.4) is 0 Å². The first-order chi connectivity index (χ1) is 6.83. The number of nitrogens with one attached hydrogen (secondary N) is 3. The van der Waals surface area contributed by atoms with Gasteiger partial charge in [0.2, 0.25) is 7.51 Å². The zero-order valence-corrected chi connectivity index (χ0v) is 15.3. The molecule has 0 bridgehead atoms. The molecule has 1 aliphatic heterocycles. The molecule has 0 saturated carbocycles. The Morgan fingerprint density at radius 1 is 0.875 bits per heavy atom. The topological polar surface area (TPSA) is 100 Å². The fourth-order valence-corrected chi connectivity index (χ4v) is 23.6. The van der Waals surface area contributed by atoms with Crippen molar-refractivity contribution in [2.75, 3.05) is 0 Å². The van der Waals surface area contributed by atoms with E-state index in [1.807, 2.05) is 0 Å². The van der Waals surface area contributed by atoms with Crippen molar-refractivity contribution >= 4 is 93.8 Å². The molecule has 0 unspecified atom stereocenters. The molecule has 0 aliphatic carbocycles. The quantitative estimate of drug-likeness (QED) is 0.346. The average molecular weight is 428 g/mol. The van der Waals surface area contributed by atoms with Gasteiger partial charge in [0.1, 0.15) is 0 Å². The number of hydrogen-bond donors (Lipinski definition) is 5. The van der Waals surface area contributed by atoms with E-state index in [0.29, 0.717) is 0 Å². The van der Waals surface area contributed by atoms with Gasteiger partial charge in [0.05, 0.1) is 0 Å². The minimum atomic E-state index is -3.03. The molecule has 1 heterocycles. The van der Waals surface area contributed by atoms with Gasteiger partial charge in [-0.05, 0) is 4.52 Å². The summed E-state index contributed by atoms with van der Waals surface area (Å²) in [5, 5.41) is 0. The molecule has 16 heavy (non-hydrogen) atoms. The van der Waals surface area contributed by atoms with Gasteiger partial charge in [-0.2, -0.15) is 0 Å². The summed E-state index contributed by atoms with van der Waals surface area (Å²) in [7, 11) is -2.99. The van der Waals surface area contributed by atoms with Gasteiger partial charge in [-0.1, -0.05) is 4.86 Å². The molecule has 96 valence electrons. The van der Waals surface area contributed by atoms with Crippen molar-refractivity contribution in [3.8, 4) is 0 Å². The summed E-state index contributed by atoms with van der Waals surface area (Å²) in [6, 6.07) is 0. The van der Waals surface area contributed by atoms with E-state index in [1.165, 1.54) is 0 Å². The SMILES string of the molecule is NP1(N)=N[P+](Cl)(Cl)N[P+](Cl)(Cl)N[P+](Cl)(Cl)N1. The molecule has 0 spiro atoms. The predicted molar refractivity (Wildman–Crippen MR) is 83.0 cm³/mol. The minimum Gasteiger partial charge on any atom is -0.268 e. The first kappa shape index (κ1) is 17.1. The predicted octanol–water partition coefficient (Wildman–Crippen LogP) is 5.10. The van der Waals surface area contributed by atoms with Gasteiger partial charge in [-0.3, -0.25) is 11.0 Å². The third kappa shape index (κ3) is 6.01. The summed E-state index contributed by atoms with van der Waals surface area (Å²) in [6.45, 7) is 0. The van der Waals surface area contributed by atoms with Gasteiger partial charge in [0.25, 0.3) is 0 Å². The van der Waals surface area contributed by atoms with Gasteiger partial charge in [-0.15, -0.1) is 0 Å². The standard InChI is InChI=1S/Cl6H7N6P4/c1-13(2)9-14(3,4)11-16(7,8)12-15(5,6)10-13/h9-11H,7-8H2/q+3. The Morgan fingerprint density at radius 2 is 1.38 bits per heavy atom. The second-order valence-corrected chi connectivity index (χ2v) is 20.8. The first-order valence-electron chi connectivity index (χ1n) is 3.27. The van der Waals surface area contributed by atoms with E-state index in [4.69, 9.17) is 78.5 Å². The van der Waals surface area contributed by atoms with Crippen molar-refractivity contribution in [3.63, 3.8) is 0 Å². The summed E-state index contributed by atoms with van der Waals surface area (Å²) in [5.74, 6) is 0. The van der Waals surface area contributed by atoms with Crippen LogP contribution < -0.4 is 25.6 Å². The fraction of sp³-hybridized carbons (Fsp3) is 0. The van der Waals surface area contributed by atoms with E-state index in [9.17, 15) is 0 Å². The van der Waals surface area contributed by atoms with Gasteiger partial charge >= 0.3 is 18.8 Å². The van der Waals surface area contributed by atoms with Crippen LogP contribution in [0.5, 0.6) is 0 Å². The van der Waals surface area contributed by atoms with Gasteiger partial charge in [0, 0.05) is 9.72 Å². The van der Waals surface area contributed by atoms with Gasteiger partial charge < -0.3 is 0 Å². The molecule has 0 amide bonds. The molecule has 6 nitrogen and oxygen atoms in total. The minimum absolute atomic E-state index is 2.54. The molecule has 0 aromatic heterocycles. The largest absolute Gasteiger partial charge is 0.435 e. The molecule has 0 radical (unpaired) electrons. The van der Waals surface area contributed by atoms with E-state index in [2.05, 4.69) is 19.1 Å². The third-order valence-electron chi connectivity index (χ3n) is 1.04. The molecule has 0 atom stereocenters. The molecule has 0 aromatic carbocycles. The van der Waals surface area contributed by atoms with E-state index in [-0.39, 0.29) is 0 Å². The van der Waals surface area contributed by atoms with E-state index in [1.54, 1.807) is 0 Å². The Morgan fingerprint density at radius 3 is 1.88 bits per heavy atom. The van der Waals surface area contributed by atoms with Crippen LogP contribution in [0.2, 0.25) is 0 Å². The van der Waals surface area contributed by atoms with Crippen molar-refractivity contribution < 1.29 is 0 Å². The highest BCUT2D eigenvalue weighted by atomic mass is 35.9. The van der Waals surface area contributed by atoms with Crippen LogP contribution in [-0.2, 0) is 0 Å². The summed E-state index contributed by atoms with van der Waals surface area (Å²) >= 11 is 35.4. The molecule has 0 fully saturated rings. The molecule has 1 rings (SSSR count). The number of hydrogen-bond acceptors (Lipinski definition) is 6. The summed E-state index contributed by atoms with van der Waals surface area (Å²) in [6.07, 6.45) is -8.90. The lowest BCUT2D eigenvalue weighted by Gasteiger charge is -2.21. The van der Waals surface area contributed by atoms with Crippen LogP contribution in [0, 0.1) is 0 Å². The van der Waals surface area contributed by atoms with E-state index < -0.39 is 26.3 Å². The summed E-state index contributed by atoms with van der Waals surface area (Å²) < 4.78 is 3.86. The maximum absolute atomic E-state index is 5.92. The monoisotopic (exact) mass is 425 g/mol. The Kier molecular flexibility index (Phi) is 5.83. The lowest BCUT2D eigenvalue weighted by atomic mass is 13.8. The first-order valence-corrected chi connectivity index (χ1v) is 15.9. The van der Waals surface area contributed by atoms with E-state index >= 15 is 0 Å². The zero-order chi connectivity index (χ0) is 12.8. The van der Waals surface area contributed by atoms with Crippen LogP contribution in [0.15, 0.2) is 4.52 Å². The molecule has 0 aromatic rings. The van der Waals surface area contributed by atoms with Gasteiger partial charge in [0.15, 0.2) is 67.4 Å². The molecular formula is H7Cl6N6P4+3. The van der Waals surface area contributed by atoms with Crippen LogP contribution in [0.4, 0.5) is 0 Å². The molecule has 1 aliphatic rings. The molecular weight excluding hydrogens is 421 g/mol. The normalized spacial score (nSPS) is 31.0. The van der Waals surface area contributed by atoms with Crippen LogP contribution in [0.25, 0.3) is 0 Å². The van der Waals surface area contributed by atoms with E-state index in [0.717, 1.165) is 0 Å². The Balaban J connectivity index is 3.17. The number of nitrogens with two attached hydrogens (primary N) is 2. The third-order valence-corrected chi connectivity index (χ3v) is 17.4. The summed E-state index contributed by atoms with van der Waals surface area (Å²) in [4.78, 5) is 7.67. The second-order valence-electron chi connectivity index (χ2n) is 2.64. The Hall–Kier alpha value is 3.06. The Labute approximate surface area is 123 Å². The summed E-state index contributed by atoms with van der Waals surface area (Å²) in [5.41, 5.74) is 11.3. The van der Waals surface area contributed by atoms with Crippen molar-refractivity contribution in [2.45, 2.75) is 0 Å². The van der Waals surface area contributed by atoms with Crippen LogP contribution in [0.1, 0.15) is 0 Å². The number of rotatable bonds is 0. The van der Waals surface area contributed by atoms with Crippen LogP contribution in [-0.4, -0.2) is 0 Å². The fourth-order valence-electron chi connectivity index (χ4n) is 0.781. The maximum Gasteiger partial charge on any atom is 0.435 e. The highest BCUT2D eigenvalue weighted by Gasteiger charge is 2.64. The average Bonchev–Trinajstić information content (AvgIpc) is 1.67. The smallest absolute Gasteiger partial charge is 0.268 e. The maximum atomic E-state index is 5.92. The van der Waals surface area contributed by atoms with Gasteiger partial charge in [-0.25, -0.2) is 0 Å². The van der Waals surface area contributed by atoms with Crippen LogP contribution >= 0.6 is 93.8 Å². The van der Waals surface area contributed by atoms with Crippen molar-refractivity contribution in [1.29, 1.82) is 0 Å². The highest BCUT2D eigenvalue weighted by Crippen LogP contribution is 2.86. The number of nitrogens with zero attached hydrogens (tertiary/aromatic N) is 1.